The summed E-state index contributed by atoms with van der Waals surface area (Å²) < 4.78 is 5.14. The van der Waals surface area contributed by atoms with E-state index in [9.17, 15) is 4.79 Å². The minimum absolute atomic E-state index is 0.0954. The highest BCUT2D eigenvalue weighted by Crippen LogP contribution is 2.30. The van der Waals surface area contributed by atoms with Gasteiger partial charge in [0, 0.05) is 6.21 Å². The van der Waals surface area contributed by atoms with E-state index in [1.165, 1.54) is 6.21 Å². The van der Waals surface area contributed by atoms with Gasteiger partial charge in [-0.25, -0.2) is 4.79 Å². The molecule has 0 aliphatic carbocycles. The van der Waals surface area contributed by atoms with Gasteiger partial charge in [0.1, 0.15) is 0 Å². The van der Waals surface area contributed by atoms with E-state index in [1.807, 2.05) is 36.4 Å². The van der Waals surface area contributed by atoms with Crippen LogP contribution in [-0.2, 0) is 4.74 Å². The van der Waals surface area contributed by atoms with Crippen LogP contribution in [0.25, 0.3) is 6.08 Å². The molecule has 1 aliphatic heterocycles. The van der Waals surface area contributed by atoms with E-state index in [2.05, 4.69) is 5.16 Å². The van der Waals surface area contributed by atoms with Gasteiger partial charge in [-0.3, -0.25) is 4.90 Å². The Labute approximate surface area is 118 Å². The van der Waals surface area contributed by atoms with Gasteiger partial charge < -0.3 is 9.94 Å². The Hall–Kier alpha value is -2.30. The second-order valence-electron chi connectivity index (χ2n) is 4.43. The summed E-state index contributed by atoms with van der Waals surface area (Å²) in [5, 5.41) is 11.4. The van der Waals surface area contributed by atoms with Crippen molar-refractivity contribution < 1.29 is 14.7 Å². The van der Waals surface area contributed by atoms with Crippen molar-refractivity contribution in [2.75, 3.05) is 11.5 Å². The molecule has 1 atom stereocenters. The Bertz CT molecular complexity index is 526. The highest BCUT2D eigenvalue weighted by molar-refractivity contribution is 5.93. The van der Waals surface area contributed by atoms with Gasteiger partial charge in [0.2, 0.25) is 0 Å². The van der Waals surface area contributed by atoms with Gasteiger partial charge in [0.25, 0.3) is 0 Å². The van der Waals surface area contributed by atoms with Crippen LogP contribution in [0.15, 0.2) is 35.5 Å². The third kappa shape index (κ3) is 2.99. The molecule has 1 aliphatic rings. The van der Waals surface area contributed by atoms with E-state index in [0.29, 0.717) is 19.4 Å². The van der Waals surface area contributed by atoms with Crippen molar-refractivity contribution in [3.05, 3.63) is 35.9 Å². The molecule has 2 rings (SSSR count). The number of benzene rings is 1. The molecule has 0 radical (unpaired) electrons. The number of anilines is 1. The Kier molecular flexibility index (Phi) is 4.76. The second kappa shape index (κ2) is 6.75. The van der Waals surface area contributed by atoms with Crippen LogP contribution in [0.5, 0.6) is 0 Å². The van der Waals surface area contributed by atoms with Crippen LogP contribution in [-0.4, -0.2) is 30.2 Å². The lowest BCUT2D eigenvalue weighted by atomic mass is 10.0. The molecular weight excluding hydrogens is 256 g/mol. The van der Waals surface area contributed by atoms with Gasteiger partial charge in [-0.2, -0.15) is 0 Å². The number of fused-ring (bicyclic) bond motifs is 1. The maximum absolute atomic E-state index is 12.2. The molecule has 0 bridgehead atoms. The van der Waals surface area contributed by atoms with Gasteiger partial charge in [0.05, 0.1) is 18.3 Å². The zero-order valence-corrected chi connectivity index (χ0v) is 11.4. The van der Waals surface area contributed by atoms with Crippen molar-refractivity contribution in [2.24, 2.45) is 5.16 Å². The largest absolute Gasteiger partial charge is 0.449 e. The molecular formula is C15H18N2O3. The lowest BCUT2D eigenvalue weighted by Gasteiger charge is -2.32. The predicted octanol–water partition coefficient (Wildman–Crippen LogP) is 3.29. The third-order valence-electron chi connectivity index (χ3n) is 3.16. The van der Waals surface area contributed by atoms with Crippen molar-refractivity contribution in [2.45, 2.75) is 25.8 Å². The van der Waals surface area contributed by atoms with Gasteiger partial charge in [-0.1, -0.05) is 30.4 Å². The summed E-state index contributed by atoms with van der Waals surface area (Å²) in [5.41, 5.74) is 1.84. The first-order chi connectivity index (χ1) is 9.77. The third-order valence-corrected chi connectivity index (χ3v) is 3.16. The molecule has 1 unspecified atom stereocenters. The van der Waals surface area contributed by atoms with Crippen molar-refractivity contribution in [3.8, 4) is 0 Å². The van der Waals surface area contributed by atoms with Crippen molar-refractivity contribution in [1.29, 1.82) is 0 Å². The molecule has 0 aromatic heterocycles. The molecule has 1 heterocycles. The normalized spacial score (nSPS) is 17.2. The number of carbonyl (C=O) groups excluding carboxylic acids is 1. The van der Waals surface area contributed by atoms with Gasteiger partial charge in [0.15, 0.2) is 0 Å². The Balaban J connectivity index is 2.26. The van der Waals surface area contributed by atoms with Gasteiger partial charge in [-0.15, -0.1) is 5.16 Å². The smallest absolute Gasteiger partial charge is 0.414 e. The van der Waals surface area contributed by atoms with E-state index >= 15 is 0 Å². The quantitative estimate of drug-likeness (QED) is 0.520. The Morgan fingerprint density at radius 2 is 2.30 bits per heavy atom. The molecule has 20 heavy (non-hydrogen) atoms. The molecule has 0 saturated carbocycles. The number of nitrogens with zero attached hydrogens (tertiary/aromatic N) is 2. The minimum Gasteiger partial charge on any atom is -0.449 e. The van der Waals surface area contributed by atoms with E-state index in [4.69, 9.17) is 9.94 Å². The molecule has 0 spiro atoms. The van der Waals surface area contributed by atoms with Crippen molar-refractivity contribution in [3.63, 3.8) is 0 Å². The maximum Gasteiger partial charge on any atom is 0.414 e. The average molecular weight is 274 g/mol. The van der Waals surface area contributed by atoms with Crippen LogP contribution < -0.4 is 4.90 Å². The fraction of sp³-hybridized carbons (Fsp3) is 0.333. The summed E-state index contributed by atoms with van der Waals surface area (Å²) in [6, 6.07) is 7.61. The SMILES string of the molecule is CCOC(=O)N1c2ccccc2C=CC1CC/C=N/O. The number of amides is 1. The molecule has 5 nitrogen and oxygen atoms in total. The Morgan fingerprint density at radius 3 is 3.05 bits per heavy atom. The van der Waals surface area contributed by atoms with Crippen molar-refractivity contribution in [1.82, 2.24) is 0 Å². The zero-order valence-electron chi connectivity index (χ0n) is 11.4. The molecule has 106 valence electrons. The molecule has 1 N–H and O–H groups in total. The average Bonchev–Trinajstić information content (AvgIpc) is 2.47. The number of ether oxygens (including phenoxy) is 1. The van der Waals surface area contributed by atoms with E-state index < -0.39 is 0 Å². The second-order valence-corrected chi connectivity index (χ2v) is 4.43. The monoisotopic (exact) mass is 274 g/mol. The van der Waals surface area contributed by atoms with E-state index in [0.717, 1.165) is 11.3 Å². The fourth-order valence-electron chi connectivity index (χ4n) is 2.28. The molecule has 5 heteroatoms. The lowest BCUT2D eigenvalue weighted by Crippen LogP contribution is -2.41. The molecule has 0 saturated heterocycles. The van der Waals surface area contributed by atoms with E-state index in [-0.39, 0.29) is 12.1 Å². The van der Waals surface area contributed by atoms with Crippen LogP contribution in [0.1, 0.15) is 25.3 Å². The zero-order chi connectivity index (χ0) is 14.4. The maximum atomic E-state index is 12.2. The van der Waals surface area contributed by atoms with Crippen LogP contribution in [0, 0.1) is 0 Å². The summed E-state index contributed by atoms with van der Waals surface area (Å²) in [4.78, 5) is 13.8. The molecule has 1 amide bonds. The summed E-state index contributed by atoms with van der Waals surface area (Å²) in [7, 11) is 0. The summed E-state index contributed by atoms with van der Waals surface area (Å²) in [6.07, 6.45) is 6.32. The predicted molar refractivity (Wildman–Crippen MR) is 78.3 cm³/mol. The lowest BCUT2D eigenvalue weighted by molar-refractivity contribution is 0.158. The molecule has 1 aromatic carbocycles. The van der Waals surface area contributed by atoms with Crippen molar-refractivity contribution >= 4 is 24.1 Å². The number of para-hydroxylation sites is 1. The van der Waals surface area contributed by atoms with Gasteiger partial charge in [-0.05, 0) is 31.4 Å². The number of rotatable bonds is 4. The number of carbonyl (C=O) groups is 1. The number of hydrogen-bond donors (Lipinski definition) is 1. The Morgan fingerprint density at radius 1 is 1.50 bits per heavy atom. The van der Waals surface area contributed by atoms with Crippen LogP contribution in [0.3, 0.4) is 0 Å². The minimum atomic E-state index is -0.352. The summed E-state index contributed by atoms with van der Waals surface area (Å²) >= 11 is 0. The summed E-state index contributed by atoms with van der Waals surface area (Å²) in [5.74, 6) is 0. The number of oxime groups is 1. The topological polar surface area (TPSA) is 62.1 Å². The highest BCUT2D eigenvalue weighted by Gasteiger charge is 2.28. The van der Waals surface area contributed by atoms with Crippen LogP contribution in [0.2, 0.25) is 0 Å². The fourth-order valence-corrected chi connectivity index (χ4v) is 2.28. The number of hydrogen-bond acceptors (Lipinski definition) is 4. The summed E-state index contributed by atoms with van der Waals surface area (Å²) in [6.45, 7) is 2.13. The standard InChI is InChI=1S/C15H18N2O3/c1-2-20-15(18)17-13(7-5-11-16-19)10-9-12-6-3-4-8-14(12)17/h3-4,6,8-11,13,19H,2,5,7H2,1H3/b16-11+. The first-order valence-electron chi connectivity index (χ1n) is 6.67. The van der Waals surface area contributed by atoms with Crippen LogP contribution in [0.4, 0.5) is 10.5 Å². The van der Waals surface area contributed by atoms with Crippen LogP contribution >= 0.6 is 0 Å². The molecule has 1 aromatic rings. The van der Waals surface area contributed by atoms with Gasteiger partial charge >= 0.3 is 6.09 Å². The first kappa shape index (κ1) is 14.1. The van der Waals surface area contributed by atoms with E-state index in [1.54, 1.807) is 11.8 Å². The molecule has 0 fully saturated rings. The highest BCUT2D eigenvalue weighted by atomic mass is 16.6. The first-order valence-corrected chi connectivity index (χ1v) is 6.67.